The predicted molar refractivity (Wildman–Crippen MR) is 166 cm³/mol. The Kier molecular flexibility index (Phi) is 8.47. The number of benzene rings is 2. The van der Waals surface area contributed by atoms with Gasteiger partial charge in [-0.2, -0.15) is 10.2 Å². The highest BCUT2D eigenvalue weighted by Gasteiger charge is 2.22. The molecule has 43 heavy (non-hydrogen) atoms. The predicted octanol–water partition coefficient (Wildman–Crippen LogP) is 6.60. The second kappa shape index (κ2) is 12.2. The van der Waals surface area contributed by atoms with Crippen molar-refractivity contribution in [3.05, 3.63) is 95.8 Å². The number of halogens is 2. The number of rotatable bonds is 6. The number of nitrogens with zero attached hydrogens (tertiary/aromatic N) is 4. The maximum Gasteiger partial charge on any atom is 0.324 e. The Morgan fingerprint density at radius 3 is 2.63 bits per heavy atom. The summed E-state index contributed by atoms with van der Waals surface area (Å²) in [7, 11) is 0. The van der Waals surface area contributed by atoms with Crippen LogP contribution in [0.2, 0.25) is 0 Å². The van der Waals surface area contributed by atoms with Gasteiger partial charge in [0.25, 0.3) is 0 Å². The molecular weight excluding hydrogens is 571 g/mol. The van der Waals surface area contributed by atoms with Crippen LogP contribution in [0.25, 0.3) is 16.9 Å². The van der Waals surface area contributed by atoms with Gasteiger partial charge in [-0.05, 0) is 54.4 Å². The van der Waals surface area contributed by atoms with Crippen molar-refractivity contribution >= 4 is 29.9 Å². The Hall–Kier alpha value is -4.74. The highest BCUT2D eigenvalue weighted by molar-refractivity contribution is 5.99. The van der Waals surface area contributed by atoms with E-state index in [2.05, 4.69) is 64.0 Å². The molecule has 222 valence electrons. The lowest BCUT2D eigenvalue weighted by atomic mass is 9.92. The Bertz CT molecular complexity index is 1750. The molecule has 0 fully saturated rings. The minimum atomic E-state index is -0.641. The second-order valence-electron chi connectivity index (χ2n) is 11.1. The maximum absolute atomic E-state index is 15.0. The van der Waals surface area contributed by atoms with Crippen molar-refractivity contribution in [2.45, 2.75) is 39.2 Å². The van der Waals surface area contributed by atoms with Gasteiger partial charge in [0.15, 0.2) is 0 Å². The number of carbonyl (C=O) groups is 1. The van der Waals surface area contributed by atoms with E-state index in [0.29, 0.717) is 17.3 Å². The molecule has 0 saturated heterocycles. The van der Waals surface area contributed by atoms with Crippen LogP contribution in [0.15, 0.2) is 73.2 Å². The van der Waals surface area contributed by atoms with Crippen molar-refractivity contribution in [1.82, 2.24) is 30.3 Å². The van der Waals surface area contributed by atoms with Gasteiger partial charge in [0, 0.05) is 48.1 Å². The summed E-state index contributed by atoms with van der Waals surface area (Å²) in [6, 6.07) is 15.1. The molecule has 5 aromatic rings. The fourth-order valence-electron chi connectivity index (χ4n) is 4.72. The third-order valence-electron chi connectivity index (χ3n) is 6.99. The number of fused-ring (bicyclic) bond motifs is 1. The monoisotopic (exact) mass is 602 g/mol. The summed E-state index contributed by atoms with van der Waals surface area (Å²) >= 11 is 0. The van der Waals surface area contributed by atoms with E-state index in [4.69, 9.17) is 9.84 Å². The molecule has 3 aromatic heterocycles. The zero-order valence-corrected chi connectivity index (χ0v) is 24.8. The molecule has 0 aliphatic carbocycles. The summed E-state index contributed by atoms with van der Waals surface area (Å²) in [4.78, 5) is 17.4. The van der Waals surface area contributed by atoms with Crippen LogP contribution in [0.3, 0.4) is 0 Å². The van der Waals surface area contributed by atoms with E-state index in [1.165, 1.54) is 23.3 Å². The van der Waals surface area contributed by atoms with Crippen LogP contribution in [0.5, 0.6) is 11.5 Å². The lowest BCUT2D eigenvalue weighted by Crippen LogP contribution is -2.24. The molecule has 2 amide bonds. The molecule has 1 aliphatic rings. The number of amides is 2. The molecule has 0 unspecified atom stereocenters. The van der Waals surface area contributed by atoms with Gasteiger partial charge in [0.05, 0.1) is 29.0 Å². The fourth-order valence-corrected chi connectivity index (χ4v) is 4.72. The van der Waals surface area contributed by atoms with E-state index >= 15 is 4.39 Å². The van der Waals surface area contributed by atoms with Gasteiger partial charge >= 0.3 is 6.03 Å². The first-order valence-corrected chi connectivity index (χ1v) is 13.7. The Labute approximate surface area is 254 Å². The zero-order chi connectivity index (χ0) is 29.3. The number of pyridine rings is 1. The molecular formula is C31H32ClFN8O2. The first-order chi connectivity index (χ1) is 20.2. The largest absolute Gasteiger partial charge is 0.457 e. The van der Waals surface area contributed by atoms with E-state index in [1.54, 1.807) is 41.5 Å². The smallest absolute Gasteiger partial charge is 0.324 e. The Balaban J connectivity index is 0.00000368. The van der Waals surface area contributed by atoms with Crippen molar-refractivity contribution in [1.29, 1.82) is 0 Å². The first kappa shape index (κ1) is 29.7. The van der Waals surface area contributed by atoms with Crippen LogP contribution in [-0.4, -0.2) is 37.5 Å². The van der Waals surface area contributed by atoms with Crippen molar-refractivity contribution < 1.29 is 13.9 Å². The van der Waals surface area contributed by atoms with E-state index in [1.807, 2.05) is 12.1 Å². The molecule has 4 N–H and O–H groups in total. The number of ether oxygens (including phenoxy) is 1. The molecule has 0 atom stereocenters. The minimum absolute atomic E-state index is 0. The average molecular weight is 603 g/mol. The van der Waals surface area contributed by atoms with Gasteiger partial charge in [0.1, 0.15) is 23.1 Å². The number of nitrogens with one attached hydrogen (secondary N) is 4. The summed E-state index contributed by atoms with van der Waals surface area (Å²) in [6.45, 7) is 7.91. The van der Waals surface area contributed by atoms with Gasteiger partial charge < -0.3 is 15.4 Å². The van der Waals surface area contributed by atoms with Gasteiger partial charge in [-0.25, -0.2) is 13.9 Å². The van der Waals surface area contributed by atoms with Gasteiger partial charge in [-0.1, -0.05) is 26.8 Å². The number of anilines is 2. The third kappa shape index (κ3) is 6.68. The zero-order valence-electron chi connectivity index (χ0n) is 23.9. The van der Waals surface area contributed by atoms with Crippen LogP contribution in [0, 0.1) is 5.82 Å². The fraction of sp³-hybridized carbons (Fsp3) is 0.226. The molecule has 10 nitrogen and oxygen atoms in total. The number of hydrogen-bond donors (Lipinski definition) is 4. The Morgan fingerprint density at radius 1 is 1.02 bits per heavy atom. The number of H-pyrrole nitrogens is 1. The van der Waals surface area contributed by atoms with E-state index in [9.17, 15) is 4.79 Å². The molecule has 0 radical (unpaired) electrons. The SMILES string of the molecule is CC(C)(C)c1cc(NC(=O)Nc2ccc(Oc3ccnc(-c4cn[nH]c4)c3)cc2F)n(-c2ccc3c(c2)CNCC3)n1.Cl. The number of hydrogen-bond acceptors (Lipinski definition) is 6. The first-order valence-electron chi connectivity index (χ1n) is 13.7. The molecule has 0 spiro atoms. The second-order valence-corrected chi connectivity index (χ2v) is 11.1. The van der Waals surface area contributed by atoms with Crippen molar-refractivity contribution in [2.24, 2.45) is 0 Å². The molecule has 0 saturated carbocycles. The van der Waals surface area contributed by atoms with Gasteiger partial charge in [0.2, 0.25) is 0 Å². The summed E-state index contributed by atoms with van der Waals surface area (Å²) in [5.74, 6) is 0.600. The van der Waals surface area contributed by atoms with Crippen LogP contribution in [-0.2, 0) is 18.4 Å². The van der Waals surface area contributed by atoms with Crippen molar-refractivity contribution in [3.8, 4) is 28.4 Å². The molecule has 12 heteroatoms. The topological polar surface area (TPSA) is 122 Å². The van der Waals surface area contributed by atoms with Crippen molar-refractivity contribution in [2.75, 3.05) is 17.2 Å². The maximum atomic E-state index is 15.0. The van der Waals surface area contributed by atoms with Crippen LogP contribution < -0.4 is 20.7 Å². The summed E-state index contributed by atoms with van der Waals surface area (Å²) < 4.78 is 22.6. The number of carbonyl (C=O) groups excluding carboxylic acids is 1. The average Bonchev–Trinajstić information content (AvgIpc) is 3.65. The molecule has 2 aromatic carbocycles. The van der Waals surface area contributed by atoms with Gasteiger partial charge in [-0.15, -0.1) is 12.4 Å². The summed E-state index contributed by atoms with van der Waals surface area (Å²) in [5, 5.41) is 20.3. The standard InChI is InChI=1S/C31H31FN8O2.ClH/c1-31(2,3)28-15-29(40(39-28)22-5-4-19-8-10-33-16-20(19)12-22)38-30(41)37-26-7-6-23(13-25(26)32)42-24-9-11-34-27(14-24)21-17-35-36-18-21;/h4-7,9,11-15,17-18,33H,8,10,16H2,1-3H3,(H,35,36)(H2,37,38,41);1H. The lowest BCUT2D eigenvalue weighted by molar-refractivity contribution is 0.262. The van der Waals surface area contributed by atoms with Crippen molar-refractivity contribution in [3.63, 3.8) is 0 Å². The third-order valence-corrected chi connectivity index (χ3v) is 6.99. The molecule has 6 rings (SSSR count). The van der Waals surface area contributed by atoms with Gasteiger partial charge in [-0.3, -0.25) is 15.4 Å². The lowest BCUT2D eigenvalue weighted by Gasteiger charge is -2.18. The quantitative estimate of drug-likeness (QED) is 0.174. The number of urea groups is 1. The van der Waals surface area contributed by atoms with Crippen LogP contribution in [0.4, 0.5) is 20.7 Å². The van der Waals surface area contributed by atoms with E-state index in [0.717, 1.165) is 36.5 Å². The minimum Gasteiger partial charge on any atom is -0.457 e. The van der Waals surface area contributed by atoms with Crippen LogP contribution >= 0.6 is 12.4 Å². The van der Waals surface area contributed by atoms with E-state index in [-0.39, 0.29) is 29.3 Å². The molecule has 4 heterocycles. The highest BCUT2D eigenvalue weighted by atomic mass is 35.5. The van der Waals surface area contributed by atoms with Crippen LogP contribution in [0.1, 0.15) is 37.6 Å². The Morgan fingerprint density at radius 2 is 1.86 bits per heavy atom. The highest BCUT2D eigenvalue weighted by Crippen LogP contribution is 2.30. The molecule has 0 bridgehead atoms. The summed E-state index contributed by atoms with van der Waals surface area (Å²) in [5.41, 5.74) is 5.39. The number of aromatic amines is 1. The normalized spacial score (nSPS) is 12.7. The summed E-state index contributed by atoms with van der Waals surface area (Å²) in [6.07, 6.45) is 5.95. The van der Waals surface area contributed by atoms with E-state index < -0.39 is 11.8 Å². The number of aromatic nitrogens is 5. The molecule has 1 aliphatic heterocycles.